The summed E-state index contributed by atoms with van der Waals surface area (Å²) in [7, 11) is 3.54. The molecule has 1 amide bonds. The number of aryl methyl sites for hydroxylation is 2. The van der Waals surface area contributed by atoms with Crippen LogP contribution in [0.2, 0.25) is 0 Å². The molecule has 0 bridgehead atoms. The summed E-state index contributed by atoms with van der Waals surface area (Å²) in [4.78, 5) is 25.1. The molecule has 0 aromatic carbocycles. The number of nitrogens with one attached hydrogen (secondary N) is 1. The van der Waals surface area contributed by atoms with E-state index in [2.05, 4.69) is 25.5 Å². The van der Waals surface area contributed by atoms with E-state index in [1.54, 1.807) is 11.8 Å². The maximum atomic E-state index is 13.5. The number of fused-ring (bicyclic) bond motifs is 1. The normalized spacial score (nSPS) is 22.6. The van der Waals surface area contributed by atoms with Gasteiger partial charge in [-0.05, 0) is 31.2 Å². The number of ether oxygens (including phenoxy) is 1. The largest absolute Gasteiger partial charge is 0.380 e. The Morgan fingerprint density at radius 2 is 2.07 bits per heavy atom. The van der Waals surface area contributed by atoms with Gasteiger partial charge in [-0.3, -0.25) is 4.79 Å². The number of anilines is 1. The second-order valence-electron chi connectivity index (χ2n) is 7.16. The van der Waals surface area contributed by atoms with Gasteiger partial charge in [-0.2, -0.15) is 0 Å². The summed E-state index contributed by atoms with van der Waals surface area (Å²) in [6.45, 7) is 6.76. The molecule has 4 rings (SSSR count). The van der Waals surface area contributed by atoms with Gasteiger partial charge in [0.2, 0.25) is 5.95 Å². The van der Waals surface area contributed by atoms with Gasteiger partial charge in [0, 0.05) is 38.5 Å². The number of carbonyl (C=O) groups is 1. The van der Waals surface area contributed by atoms with Crippen LogP contribution in [-0.4, -0.2) is 67.8 Å². The Labute approximate surface area is 157 Å². The molecule has 0 aliphatic carbocycles. The Bertz CT molecular complexity index is 894. The van der Waals surface area contributed by atoms with Gasteiger partial charge in [0.1, 0.15) is 5.82 Å². The summed E-state index contributed by atoms with van der Waals surface area (Å²) in [5.41, 5.74) is 3.50. The second kappa shape index (κ2) is 6.45. The van der Waals surface area contributed by atoms with Gasteiger partial charge < -0.3 is 19.5 Å². The highest BCUT2D eigenvalue weighted by Gasteiger charge is 2.40. The molecular formula is C17H24N8O2. The van der Waals surface area contributed by atoms with E-state index in [9.17, 15) is 4.79 Å². The minimum Gasteiger partial charge on any atom is -0.380 e. The van der Waals surface area contributed by atoms with Crippen LogP contribution in [0.4, 0.5) is 5.95 Å². The maximum Gasteiger partial charge on any atom is 0.254 e. The summed E-state index contributed by atoms with van der Waals surface area (Å²) in [6, 6.07) is -0.143. The highest BCUT2D eigenvalue weighted by Crippen LogP contribution is 2.35. The van der Waals surface area contributed by atoms with Gasteiger partial charge in [-0.1, -0.05) is 5.10 Å². The van der Waals surface area contributed by atoms with Crippen LogP contribution in [0.1, 0.15) is 36.6 Å². The summed E-state index contributed by atoms with van der Waals surface area (Å²) in [5.74, 6) is 1.41. The standard InChI is InChI=1S/C17H24N8O2/c1-9-10(2)19-15(18-9)14-6-12(27-5)7-24(14)16(26)13-8-25-17(20-21-22-25)23(4)11(13)3/h12,14H,6-8H2,1-5H3,(H,18,19)/t12-,14+/m1/s1. The van der Waals surface area contributed by atoms with Crippen molar-refractivity contribution in [3.8, 4) is 0 Å². The van der Waals surface area contributed by atoms with E-state index >= 15 is 0 Å². The molecule has 0 unspecified atom stereocenters. The first-order valence-corrected chi connectivity index (χ1v) is 8.97. The van der Waals surface area contributed by atoms with E-state index < -0.39 is 0 Å². The third-order valence-electron chi connectivity index (χ3n) is 5.64. The van der Waals surface area contributed by atoms with Crippen molar-refractivity contribution in [1.29, 1.82) is 0 Å². The Kier molecular flexibility index (Phi) is 4.22. The van der Waals surface area contributed by atoms with Crippen LogP contribution in [-0.2, 0) is 16.1 Å². The third-order valence-corrected chi connectivity index (χ3v) is 5.64. The van der Waals surface area contributed by atoms with Crippen molar-refractivity contribution in [1.82, 2.24) is 35.1 Å². The van der Waals surface area contributed by atoms with Crippen LogP contribution >= 0.6 is 0 Å². The number of aromatic nitrogens is 6. The Morgan fingerprint density at radius 3 is 2.74 bits per heavy atom. The van der Waals surface area contributed by atoms with Gasteiger partial charge in [0.25, 0.3) is 5.91 Å². The van der Waals surface area contributed by atoms with E-state index in [4.69, 9.17) is 4.74 Å². The van der Waals surface area contributed by atoms with Gasteiger partial charge >= 0.3 is 0 Å². The summed E-state index contributed by atoms with van der Waals surface area (Å²) in [6.07, 6.45) is 0.697. The fraction of sp³-hybridized carbons (Fsp3) is 0.588. The zero-order valence-corrected chi connectivity index (χ0v) is 16.2. The lowest BCUT2D eigenvalue weighted by molar-refractivity contribution is -0.128. The van der Waals surface area contributed by atoms with Crippen molar-refractivity contribution >= 4 is 11.9 Å². The third kappa shape index (κ3) is 2.80. The lowest BCUT2D eigenvalue weighted by atomic mass is 10.1. The highest BCUT2D eigenvalue weighted by molar-refractivity contribution is 5.95. The van der Waals surface area contributed by atoms with Crippen LogP contribution < -0.4 is 4.90 Å². The first kappa shape index (κ1) is 17.7. The average Bonchev–Trinajstić information content (AvgIpc) is 3.36. The van der Waals surface area contributed by atoms with Crippen molar-refractivity contribution in [2.75, 3.05) is 25.6 Å². The van der Waals surface area contributed by atoms with Gasteiger partial charge in [-0.15, -0.1) is 0 Å². The molecule has 0 spiro atoms. The molecule has 2 aliphatic heterocycles. The molecule has 10 heteroatoms. The molecule has 144 valence electrons. The molecule has 0 saturated carbocycles. The Morgan fingerprint density at radius 1 is 1.30 bits per heavy atom. The lowest BCUT2D eigenvalue weighted by Crippen LogP contribution is -2.38. The molecule has 1 fully saturated rings. The number of amides is 1. The number of tetrazole rings is 1. The molecule has 0 radical (unpaired) electrons. The number of nitrogens with zero attached hydrogens (tertiary/aromatic N) is 7. The molecule has 10 nitrogen and oxygen atoms in total. The van der Waals surface area contributed by atoms with Gasteiger partial charge in [-0.25, -0.2) is 9.67 Å². The Balaban J connectivity index is 1.67. The quantitative estimate of drug-likeness (QED) is 0.846. The number of allylic oxidation sites excluding steroid dienone is 1. The van der Waals surface area contributed by atoms with Gasteiger partial charge in [0.15, 0.2) is 0 Å². The van der Waals surface area contributed by atoms with Crippen molar-refractivity contribution in [3.05, 3.63) is 28.5 Å². The number of H-pyrrole nitrogens is 1. The monoisotopic (exact) mass is 372 g/mol. The summed E-state index contributed by atoms with van der Waals surface area (Å²) in [5, 5.41) is 11.7. The van der Waals surface area contributed by atoms with E-state index in [1.165, 1.54) is 0 Å². The molecule has 4 heterocycles. The zero-order valence-electron chi connectivity index (χ0n) is 16.2. The van der Waals surface area contributed by atoms with E-state index in [1.807, 2.05) is 37.6 Å². The van der Waals surface area contributed by atoms with Crippen LogP contribution in [0, 0.1) is 13.8 Å². The fourth-order valence-electron chi connectivity index (χ4n) is 3.74. The van der Waals surface area contributed by atoms with Crippen molar-refractivity contribution in [3.63, 3.8) is 0 Å². The first-order valence-electron chi connectivity index (χ1n) is 8.97. The van der Waals surface area contributed by atoms with Crippen LogP contribution in [0.15, 0.2) is 11.3 Å². The fourth-order valence-corrected chi connectivity index (χ4v) is 3.74. The summed E-state index contributed by atoms with van der Waals surface area (Å²) < 4.78 is 7.20. The number of carbonyl (C=O) groups excluding carboxylic acids is 1. The van der Waals surface area contributed by atoms with E-state index in [-0.39, 0.29) is 18.1 Å². The minimum atomic E-state index is -0.143. The molecule has 1 saturated heterocycles. The minimum absolute atomic E-state index is 0.0181. The highest BCUT2D eigenvalue weighted by atomic mass is 16.5. The number of hydrogen-bond acceptors (Lipinski definition) is 7. The molecule has 1 N–H and O–H groups in total. The zero-order chi connectivity index (χ0) is 19.3. The number of hydrogen-bond donors (Lipinski definition) is 1. The van der Waals surface area contributed by atoms with Crippen LogP contribution in [0.5, 0.6) is 0 Å². The maximum absolute atomic E-state index is 13.5. The van der Waals surface area contributed by atoms with Crippen molar-refractivity contribution < 1.29 is 9.53 Å². The number of likely N-dealkylation sites (tertiary alicyclic amines) is 1. The average molecular weight is 372 g/mol. The second-order valence-corrected chi connectivity index (χ2v) is 7.16. The smallest absolute Gasteiger partial charge is 0.254 e. The van der Waals surface area contributed by atoms with Crippen LogP contribution in [0.25, 0.3) is 0 Å². The number of rotatable bonds is 3. The van der Waals surface area contributed by atoms with Crippen molar-refractivity contribution in [2.24, 2.45) is 0 Å². The summed E-state index contributed by atoms with van der Waals surface area (Å²) >= 11 is 0. The predicted octanol–water partition coefficient (Wildman–Crippen LogP) is 0.725. The van der Waals surface area contributed by atoms with E-state index in [0.29, 0.717) is 31.0 Å². The van der Waals surface area contributed by atoms with Gasteiger partial charge in [0.05, 0.1) is 30.0 Å². The van der Waals surface area contributed by atoms with E-state index in [0.717, 1.165) is 22.9 Å². The first-order chi connectivity index (χ1) is 12.9. The number of methoxy groups -OCH3 is 1. The molecule has 2 aromatic heterocycles. The SMILES string of the molecule is CO[C@@H]1C[C@@H](c2nc(C)c(C)[nH]2)N(C(=O)C2=C(C)N(C)c3nnnn3C2)C1. The molecule has 2 aliphatic rings. The predicted molar refractivity (Wildman–Crippen MR) is 96.8 cm³/mol. The molecule has 2 aromatic rings. The number of imidazole rings is 1. The van der Waals surface area contributed by atoms with Crippen LogP contribution in [0.3, 0.4) is 0 Å². The number of aromatic amines is 1. The van der Waals surface area contributed by atoms with Crippen molar-refractivity contribution in [2.45, 2.75) is 45.9 Å². The molecule has 2 atom stereocenters. The Hall–Kier alpha value is -2.75. The molecule has 27 heavy (non-hydrogen) atoms. The lowest BCUT2D eigenvalue weighted by Gasteiger charge is -2.30. The topological polar surface area (TPSA) is 105 Å². The molecular weight excluding hydrogens is 348 g/mol.